The van der Waals surface area contributed by atoms with Gasteiger partial charge in [-0.05, 0) is 60.8 Å². The smallest absolute Gasteiger partial charge is 0.0270 e. The molecule has 1 saturated carbocycles. The minimum absolute atomic E-state index is 0.571. The van der Waals surface area contributed by atoms with Gasteiger partial charge < -0.3 is 5.32 Å². The first-order valence-corrected chi connectivity index (χ1v) is 7.12. The lowest BCUT2D eigenvalue weighted by atomic mass is 9.93. The topological polar surface area (TPSA) is 24.9 Å². The number of fused-ring (bicyclic) bond motifs is 2. The van der Waals surface area contributed by atoms with Crippen molar-refractivity contribution in [3.63, 3.8) is 0 Å². The van der Waals surface area contributed by atoms with Crippen LogP contribution < -0.4 is 5.32 Å². The van der Waals surface area contributed by atoms with Crippen molar-refractivity contribution in [1.29, 1.82) is 0 Å². The third-order valence-corrected chi connectivity index (χ3v) is 4.55. The lowest BCUT2D eigenvalue weighted by Crippen LogP contribution is -2.28. The van der Waals surface area contributed by atoms with Crippen molar-refractivity contribution < 1.29 is 0 Å². The van der Waals surface area contributed by atoms with Crippen molar-refractivity contribution in [1.82, 2.24) is 10.3 Å². The summed E-state index contributed by atoms with van der Waals surface area (Å²) in [7, 11) is 0. The number of rotatable bonds is 5. The normalized spacial score (nSPS) is 30.8. The van der Waals surface area contributed by atoms with E-state index in [1.54, 1.807) is 0 Å². The molecule has 18 heavy (non-hydrogen) atoms. The van der Waals surface area contributed by atoms with Crippen LogP contribution in [0.1, 0.15) is 31.2 Å². The Bertz CT molecular complexity index is 412. The van der Waals surface area contributed by atoms with Gasteiger partial charge in [-0.3, -0.25) is 4.98 Å². The molecule has 1 aromatic rings. The van der Waals surface area contributed by atoms with E-state index >= 15 is 0 Å². The Labute approximate surface area is 110 Å². The van der Waals surface area contributed by atoms with Gasteiger partial charge in [-0.15, -0.1) is 0 Å². The summed E-state index contributed by atoms with van der Waals surface area (Å²) in [5, 5.41) is 3.66. The number of allylic oxidation sites excluding steroid dienone is 2. The molecule has 2 aliphatic rings. The van der Waals surface area contributed by atoms with Crippen molar-refractivity contribution in [2.75, 3.05) is 13.1 Å². The van der Waals surface area contributed by atoms with Crippen LogP contribution in [0.15, 0.2) is 36.7 Å². The molecule has 0 radical (unpaired) electrons. The van der Waals surface area contributed by atoms with Crippen LogP contribution in [-0.4, -0.2) is 18.1 Å². The molecule has 0 unspecified atom stereocenters. The Morgan fingerprint density at radius 1 is 1.28 bits per heavy atom. The molecule has 1 aromatic heterocycles. The molecule has 2 aliphatic carbocycles. The Morgan fingerprint density at radius 2 is 2.11 bits per heavy atom. The minimum atomic E-state index is 0.571. The van der Waals surface area contributed by atoms with Gasteiger partial charge in [0.15, 0.2) is 0 Å². The summed E-state index contributed by atoms with van der Waals surface area (Å²) in [6.45, 7) is 4.53. The molecule has 2 nitrogen and oxygen atoms in total. The minimum Gasteiger partial charge on any atom is -0.316 e. The van der Waals surface area contributed by atoms with E-state index in [4.69, 9.17) is 0 Å². The summed E-state index contributed by atoms with van der Waals surface area (Å²) < 4.78 is 0. The summed E-state index contributed by atoms with van der Waals surface area (Å²) in [6, 6.07) is 4.24. The van der Waals surface area contributed by atoms with E-state index in [0.717, 1.165) is 24.3 Å². The number of hydrogen-bond donors (Lipinski definition) is 1. The molecule has 96 valence electrons. The van der Waals surface area contributed by atoms with Gasteiger partial charge >= 0.3 is 0 Å². The highest BCUT2D eigenvalue weighted by Gasteiger charge is 2.34. The number of aromatic nitrogens is 1. The van der Waals surface area contributed by atoms with E-state index in [0.29, 0.717) is 5.92 Å². The third-order valence-electron chi connectivity index (χ3n) is 4.55. The average molecular weight is 242 g/mol. The van der Waals surface area contributed by atoms with Gasteiger partial charge in [-0.25, -0.2) is 0 Å². The highest BCUT2D eigenvalue weighted by molar-refractivity contribution is 5.15. The second-order valence-corrected chi connectivity index (χ2v) is 5.88. The number of nitrogens with zero attached hydrogens (tertiary/aromatic N) is 1. The van der Waals surface area contributed by atoms with Gasteiger partial charge in [0, 0.05) is 18.9 Å². The molecular weight excluding hydrogens is 220 g/mol. The van der Waals surface area contributed by atoms with Crippen LogP contribution >= 0.6 is 0 Å². The van der Waals surface area contributed by atoms with E-state index in [2.05, 4.69) is 41.5 Å². The fraction of sp³-hybridized carbons (Fsp3) is 0.562. The van der Waals surface area contributed by atoms with Crippen LogP contribution in [0.3, 0.4) is 0 Å². The molecule has 1 fully saturated rings. The van der Waals surface area contributed by atoms with Crippen LogP contribution in [0.2, 0.25) is 0 Å². The van der Waals surface area contributed by atoms with E-state index < -0.39 is 0 Å². The molecule has 1 N–H and O–H groups in total. The molecule has 3 rings (SSSR count). The first kappa shape index (κ1) is 11.9. The molecular formula is C16H22N2. The fourth-order valence-corrected chi connectivity index (χ4v) is 3.42. The Balaban J connectivity index is 1.44. The van der Waals surface area contributed by atoms with Crippen LogP contribution in [0.4, 0.5) is 0 Å². The van der Waals surface area contributed by atoms with E-state index in [1.807, 2.05) is 12.4 Å². The maximum atomic E-state index is 4.07. The lowest BCUT2D eigenvalue weighted by Gasteiger charge is -2.20. The summed E-state index contributed by atoms with van der Waals surface area (Å²) in [5.41, 5.74) is 1.38. The Hall–Kier alpha value is -1.15. The molecule has 0 aromatic carbocycles. The highest BCUT2D eigenvalue weighted by Crippen LogP contribution is 2.42. The van der Waals surface area contributed by atoms with Crippen LogP contribution in [0.25, 0.3) is 0 Å². The molecule has 2 heteroatoms. The first-order chi connectivity index (χ1) is 8.83. The highest BCUT2D eigenvalue weighted by atomic mass is 14.9. The summed E-state index contributed by atoms with van der Waals surface area (Å²) >= 11 is 0. The predicted molar refractivity (Wildman–Crippen MR) is 74.4 cm³/mol. The average Bonchev–Trinajstić information content (AvgIpc) is 3.02. The van der Waals surface area contributed by atoms with Crippen molar-refractivity contribution in [3.8, 4) is 0 Å². The SMILES string of the molecule is C[C@@H](CNC[C@@H]1C[C@H]2C=C[C@H]1C2)c1ccncc1. The number of nitrogens with one attached hydrogen (secondary N) is 1. The summed E-state index contributed by atoms with van der Waals surface area (Å²) in [4.78, 5) is 4.07. The van der Waals surface area contributed by atoms with Gasteiger partial charge in [0.2, 0.25) is 0 Å². The Kier molecular flexibility index (Phi) is 3.46. The Morgan fingerprint density at radius 3 is 2.78 bits per heavy atom. The molecule has 2 bridgehead atoms. The van der Waals surface area contributed by atoms with Gasteiger partial charge in [0.05, 0.1) is 0 Å². The second-order valence-electron chi connectivity index (χ2n) is 5.88. The lowest BCUT2D eigenvalue weighted by molar-refractivity contribution is 0.409. The van der Waals surface area contributed by atoms with Crippen LogP contribution in [0.5, 0.6) is 0 Å². The fourth-order valence-electron chi connectivity index (χ4n) is 3.42. The van der Waals surface area contributed by atoms with Crippen LogP contribution in [-0.2, 0) is 0 Å². The zero-order chi connectivity index (χ0) is 12.4. The predicted octanol–water partition coefficient (Wildman–Crippen LogP) is 2.99. The molecule has 1 heterocycles. The van der Waals surface area contributed by atoms with Crippen molar-refractivity contribution >= 4 is 0 Å². The molecule has 0 saturated heterocycles. The van der Waals surface area contributed by atoms with E-state index in [-0.39, 0.29) is 0 Å². The van der Waals surface area contributed by atoms with Crippen molar-refractivity contribution in [3.05, 3.63) is 42.2 Å². The van der Waals surface area contributed by atoms with Gasteiger partial charge in [-0.2, -0.15) is 0 Å². The summed E-state index contributed by atoms with van der Waals surface area (Å²) in [6.07, 6.45) is 11.4. The van der Waals surface area contributed by atoms with Gasteiger partial charge in [-0.1, -0.05) is 19.1 Å². The maximum Gasteiger partial charge on any atom is 0.0270 e. The number of pyridine rings is 1. The van der Waals surface area contributed by atoms with E-state index in [9.17, 15) is 0 Å². The van der Waals surface area contributed by atoms with Crippen molar-refractivity contribution in [2.45, 2.75) is 25.7 Å². The first-order valence-electron chi connectivity index (χ1n) is 7.12. The van der Waals surface area contributed by atoms with Gasteiger partial charge in [0.1, 0.15) is 0 Å². The van der Waals surface area contributed by atoms with Crippen molar-refractivity contribution in [2.24, 2.45) is 17.8 Å². The van der Waals surface area contributed by atoms with Crippen LogP contribution in [0, 0.1) is 17.8 Å². The third kappa shape index (κ3) is 2.49. The molecule has 0 aliphatic heterocycles. The van der Waals surface area contributed by atoms with E-state index in [1.165, 1.54) is 24.9 Å². The standard InChI is InChI=1S/C16H22N2/c1-12(14-4-6-17-7-5-14)10-18-11-16-9-13-2-3-15(16)8-13/h2-7,12-13,15-16,18H,8-11H2,1H3/t12-,13-,15-,16-/m0/s1. The molecule has 0 amide bonds. The largest absolute Gasteiger partial charge is 0.316 e. The molecule has 4 atom stereocenters. The summed E-state index contributed by atoms with van der Waals surface area (Å²) in [5.74, 6) is 3.20. The quantitative estimate of drug-likeness (QED) is 0.803. The molecule has 0 spiro atoms. The van der Waals surface area contributed by atoms with Gasteiger partial charge in [0.25, 0.3) is 0 Å². The second kappa shape index (κ2) is 5.23. The number of hydrogen-bond acceptors (Lipinski definition) is 2. The zero-order valence-corrected chi connectivity index (χ0v) is 11.0. The maximum absolute atomic E-state index is 4.07. The zero-order valence-electron chi connectivity index (χ0n) is 11.0. The monoisotopic (exact) mass is 242 g/mol.